The molecule has 3 aromatic heterocycles. The predicted octanol–water partition coefficient (Wildman–Crippen LogP) is 1.56. The van der Waals surface area contributed by atoms with Crippen LogP contribution in [0, 0.1) is 13.8 Å². The summed E-state index contributed by atoms with van der Waals surface area (Å²) in [5.74, 6) is 0.951. The van der Waals surface area contributed by atoms with E-state index in [1.165, 1.54) is 5.56 Å². The van der Waals surface area contributed by atoms with Gasteiger partial charge in [-0.05, 0) is 0 Å². The molecule has 19 heavy (non-hydrogen) atoms. The van der Waals surface area contributed by atoms with Gasteiger partial charge >= 0.3 is 115 Å². The van der Waals surface area contributed by atoms with Gasteiger partial charge in [0.25, 0.3) is 0 Å². The molecule has 3 aromatic rings. The average Bonchev–Trinajstić information content (AvgIpc) is 2.93. The summed E-state index contributed by atoms with van der Waals surface area (Å²) in [6.45, 7) is 4.92. The first-order valence-corrected chi connectivity index (χ1v) is 8.16. The summed E-state index contributed by atoms with van der Waals surface area (Å²) >= 11 is 0.0101. The van der Waals surface area contributed by atoms with Crippen LogP contribution in [0.2, 0.25) is 0 Å². The Bertz CT molecular complexity index is 891. The molecule has 0 amide bonds. The number of nitrogens with zero attached hydrogens (tertiary/aromatic N) is 3. The zero-order valence-corrected chi connectivity index (χ0v) is 12.6. The van der Waals surface area contributed by atoms with Crippen molar-refractivity contribution in [3.8, 4) is 0 Å². The third-order valence-electron chi connectivity index (χ3n) is 3.74. The summed E-state index contributed by atoms with van der Waals surface area (Å²) < 4.78 is 3.83. The van der Waals surface area contributed by atoms with Crippen LogP contribution in [0.3, 0.4) is 0 Å². The van der Waals surface area contributed by atoms with Crippen LogP contribution in [-0.4, -0.2) is 29.0 Å². The van der Waals surface area contributed by atoms with Gasteiger partial charge in [0.05, 0.1) is 0 Å². The second-order valence-electron chi connectivity index (χ2n) is 5.13. The van der Waals surface area contributed by atoms with Crippen LogP contribution in [0.15, 0.2) is 10.9 Å². The summed E-state index contributed by atoms with van der Waals surface area (Å²) in [6.07, 6.45) is 1.96. The molecule has 0 bridgehead atoms. The summed E-state index contributed by atoms with van der Waals surface area (Å²) in [5.41, 5.74) is 3.31. The molecular formula is C14H13N3OSe. The summed E-state index contributed by atoms with van der Waals surface area (Å²) in [7, 11) is 0. The monoisotopic (exact) mass is 319 g/mol. The molecule has 0 saturated carbocycles. The SMILES string of the molecule is Cc1cc(C)c2c(n1)[se]c1c(=O)n3c(nc12)CCC3. The van der Waals surface area contributed by atoms with Crippen molar-refractivity contribution in [1.29, 1.82) is 0 Å². The number of hydrogen-bond acceptors (Lipinski definition) is 3. The van der Waals surface area contributed by atoms with Crippen molar-refractivity contribution in [2.75, 3.05) is 0 Å². The molecule has 0 fully saturated rings. The van der Waals surface area contributed by atoms with Gasteiger partial charge in [-0.15, -0.1) is 0 Å². The van der Waals surface area contributed by atoms with E-state index in [2.05, 4.69) is 18.0 Å². The quantitative estimate of drug-likeness (QED) is 0.591. The first kappa shape index (κ1) is 11.4. The molecule has 1 aliphatic heterocycles. The third-order valence-corrected chi connectivity index (χ3v) is 5.96. The Hall–Kier alpha value is -1.45. The van der Waals surface area contributed by atoms with Gasteiger partial charge in [0.1, 0.15) is 0 Å². The van der Waals surface area contributed by atoms with E-state index in [0.29, 0.717) is 0 Å². The van der Waals surface area contributed by atoms with Gasteiger partial charge in [0.2, 0.25) is 0 Å². The Balaban J connectivity index is 2.26. The number of rotatable bonds is 0. The second kappa shape index (κ2) is 3.78. The van der Waals surface area contributed by atoms with Crippen LogP contribution in [0.1, 0.15) is 23.5 Å². The number of hydrogen-bond donors (Lipinski definition) is 0. The summed E-state index contributed by atoms with van der Waals surface area (Å²) in [4.78, 5) is 21.9. The molecule has 0 atom stereocenters. The van der Waals surface area contributed by atoms with Crippen molar-refractivity contribution in [1.82, 2.24) is 14.5 Å². The van der Waals surface area contributed by atoms with E-state index < -0.39 is 0 Å². The van der Waals surface area contributed by atoms with E-state index in [1.807, 2.05) is 11.5 Å². The molecule has 0 N–H and O–H groups in total. The molecule has 0 unspecified atom stereocenters. The molecule has 0 aromatic carbocycles. The van der Waals surface area contributed by atoms with E-state index in [1.54, 1.807) is 0 Å². The maximum absolute atomic E-state index is 12.5. The van der Waals surface area contributed by atoms with Crippen LogP contribution >= 0.6 is 0 Å². The van der Waals surface area contributed by atoms with Crippen LogP contribution < -0.4 is 5.56 Å². The van der Waals surface area contributed by atoms with E-state index in [0.717, 1.165) is 50.5 Å². The molecule has 4 heterocycles. The van der Waals surface area contributed by atoms with Gasteiger partial charge in [-0.1, -0.05) is 0 Å². The van der Waals surface area contributed by atoms with E-state index in [9.17, 15) is 4.79 Å². The standard InChI is InChI=1S/C14H13N3OSe/c1-7-6-8(2)15-13-10(7)11-12(19-13)14(18)17-5-3-4-9(17)16-11/h6H,3-5H2,1-2H3. The van der Waals surface area contributed by atoms with Crippen LogP contribution in [0.25, 0.3) is 19.6 Å². The normalized spacial score (nSPS) is 14.4. The van der Waals surface area contributed by atoms with Crippen molar-refractivity contribution in [3.63, 3.8) is 0 Å². The molecule has 96 valence electrons. The zero-order chi connectivity index (χ0) is 13.1. The molecule has 0 saturated heterocycles. The van der Waals surface area contributed by atoms with Gasteiger partial charge in [0, 0.05) is 0 Å². The fourth-order valence-electron chi connectivity index (χ4n) is 2.92. The molecule has 4 rings (SSSR count). The maximum atomic E-state index is 12.5. The fraction of sp³-hybridized carbons (Fsp3) is 0.357. The van der Waals surface area contributed by atoms with Crippen molar-refractivity contribution in [3.05, 3.63) is 33.5 Å². The molecular weight excluding hydrogens is 305 g/mol. The Kier molecular flexibility index (Phi) is 2.26. The van der Waals surface area contributed by atoms with Crippen molar-refractivity contribution < 1.29 is 0 Å². The first-order chi connectivity index (χ1) is 9.15. The van der Waals surface area contributed by atoms with Gasteiger partial charge in [-0.2, -0.15) is 0 Å². The zero-order valence-electron chi connectivity index (χ0n) is 10.9. The van der Waals surface area contributed by atoms with Gasteiger partial charge in [-0.25, -0.2) is 0 Å². The van der Waals surface area contributed by atoms with Gasteiger partial charge < -0.3 is 0 Å². The molecule has 0 radical (unpaired) electrons. The van der Waals surface area contributed by atoms with Crippen LogP contribution in [-0.2, 0) is 13.0 Å². The van der Waals surface area contributed by atoms with E-state index >= 15 is 0 Å². The van der Waals surface area contributed by atoms with Gasteiger partial charge in [0.15, 0.2) is 0 Å². The predicted molar refractivity (Wildman–Crippen MR) is 76.0 cm³/mol. The summed E-state index contributed by atoms with van der Waals surface area (Å²) in [6, 6.07) is 2.08. The Morgan fingerprint density at radius 2 is 2.16 bits per heavy atom. The van der Waals surface area contributed by atoms with Crippen molar-refractivity contribution >= 4 is 34.1 Å². The minimum atomic E-state index is 0.0101. The Morgan fingerprint density at radius 3 is 3.00 bits per heavy atom. The van der Waals surface area contributed by atoms with Crippen molar-refractivity contribution in [2.45, 2.75) is 33.2 Å². The number of fused-ring (bicyclic) bond motifs is 4. The molecule has 5 heteroatoms. The Labute approximate surface area is 115 Å². The van der Waals surface area contributed by atoms with Crippen LogP contribution in [0.5, 0.6) is 0 Å². The molecule has 4 nitrogen and oxygen atoms in total. The van der Waals surface area contributed by atoms with Crippen LogP contribution in [0.4, 0.5) is 0 Å². The second-order valence-corrected chi connectivity index (χ2v) is 7.22. The molecule has 0 aliphatic carbocycles. The van der Waals surface area contributed by atoms with Crippen molar-refractivity contribution in [2.24, 2.45) is 0 Å². The van der Waals surface area contributed by atoms with Gasteiger partial charge in [-0.3, -0.25) is 0 Å². The number of pyridine rings is 1. The molecule has 1 aliphatic rings. The topological polar surface area (TPSA) is 47.8 Å². The average molecular weight is 318 g/mol. The summed E-state index contributed by atoms with van der Waals surface area (Å²) in [5, 5.41) is 1.12. The minimum absolute atomic E-state index is 0.0101. The third kappa shape index (κ3) is 1.49. The first-order valence-electron chi connectivity index (χ1n) is 6.45. The number of aryl methyl sites for hydroxylation is 3. The Morgan fingerprint density at radius 1 is 1.32 bits per heavy atom. The number of aromatic nitrogens is 3. The van der Waals surface area contributed by atoms with E-state index in [4.69, 9.17) is 4.98 Å². The molecule has 0 spiro atoms. The fourth-order valence-corrected chi connectivity index (χ4v) is 5.41. The van der Waals surface area contributed by atoms with E-state index in [-0.39, 0.29) is 20.1 Å².